The summed E-state index contributed by atoms with van der Waals surface area (Å²) in [6, 6.07) is 19.4. The molecule has 27 heavy (non-hydrogen) atoms. The minimum absolute atomic E-state index is 0.0756. The largest absolute Gasteiger partial charge is 0.336 e. The lowest BCUT2D eigenvalue weighted by Gasteiger charge is -2.35. The van der Waals surface area contributed by atoms with Gasteiger partial charge in [0.05, 0.1) is 17.1 Å². The van der Waals surface area contributed by atoms with E-state index in [4.69, 9.17) is 5.26 Å². The number of hydrogen-bond donors (Lipinski definition) is 0. The third kappa shape index (κ3) is 3.67. The average Bonchev–Trinajstić information content (AvgIpc) is 2.74. The maximum Gasteiger partial charge on any atom is 0.254 e. The molecule has 5 nitrogen and oxygen atoms in total. The van der Waals surface area contributed by atoms with Crippen molar-refractivity contribution in [1.82, 2.24) is 14.8 Å². The van der Waals surface area contributed by atoms with Crippen LogP contribution in [0.15, 0.2) is 60.8 Å². The summed E-state index contributed by atoms with van der Waals surface area (Å²) in [4.78, 5) is 21.6. The molecule has 0 saturated carbocycles. The molecule has 0 radical (unpaired) electrons. The van der Waals surface area contributed by atoms with E-state index < -0.39 is 0 Å². The molecule has 2 heterocycles. The van der Waals surface area contributed by atoms with Crippen LogP contribution in [-0.2, 0) is 6.54 Å². The van der Waals surface area contributed by atoms with Crippen LogP contribution in [0.3, 0.4) is 0 Å². The molecule has 5 heteroatoms. The molecule has 4 rings (SSSR count). The highest BCUT2D eigenvalue weighted by Gasteiger charge is 2.23. The highest BCUT2D eigenvalue weighted by molar-refractivity contribution is 6.06. The summed E-state index contributed by atoms with van der Waals surface area (Å²) < 4.78 is 0. The Morgan fingerprint density at radius 1 is 1.00 bits per heavy atom. The number of benzene rings is 2. The zero-order valence-corrected chi connectivity index (χ0v) is 15.0. The van der Waals surface area contributed by atoms with Gasteiger partial charge in [0.1, 0.15) is 0 Å². The molecule has 0 atom stereocenters. The molecule has 1 aliphatic rings. The van der Waals surface area contributed by atoms with Crippen LogP contribution < -0.4 is 0 Å². The van der Waals surface area contributed by atoms with Gasteiger partial charge in [-0.15, -0.1) is 0 Å². The van der Waals surface area contributed by atoms with Gasteiger partial charge in [-0.3, -0.25) is 14.7 Å². The van der Waals surface area contributed by atoms with E-state index in [1.54, 1.807) is 6.20 Å². The molecular formula is C22H20N4O. The highest BCUT2D eigenvalue weighted by atomic mass is 16.2. The first-order valence-electron chi connectivity index (χ1n) is 9.09. The van der Waals surface area contributed by atoms with Crippen molar-refractivity contribution in [2.75, 3.05) is 26.2 Å². The number of nitrogens with zero attached hydrogens (tertiary/aromatic N) is 4. The minimum Gasteiger partial charge on any atom is -0.336 e. The van der Waals surface area contributed by atoms with E-state index in [1.807, 2.05) is 59.5 Å². The Morgan fingerprint density at radius 2 is 1.78 bits per heavy atom. The third-order valence-electron chi connectivity index (χ3n) is 5.02. The molecule has 1 aromatic heterocycles. The van der Waals surface area contributed by atoms with Crippen LogP contribution in [0.25, 0.3) is 10.9 Å². The fraction of sp³-hybridized carbons (Fsp3) is 0.227. The summed E-state index contributed by atoms with van der Waals surface area (Å²) in [5, 5.41) is 9.80. The van der Waals surface area contributed by atoms with Crippen molar-refractivity contribution in [1.29, 1.82) is 5.26 Å². The van der Waals surface area contributed by atoms with E-state index in [-0.39, 0.29) is 5.91 Å². The van der Waals surface area contributed by atoms with Gasteiger partial charge in [-0.05, 0) is 35.9 Å². The normalized spacial score (nSPS) is 14.9. The predicted molar refractivity (Wildman–Crippen MR) is 104 cm³/mol. The lowest BCUT2D eigenvalue weighted by molar-refractivity contribution is 0.0630. The van der Waals surface area contributed by atoms with Crippen LogP contribution in [0.1, 0.15) is 21.5 Å². The Balaban J connectivity index is 1.41. The van der Waals surface area contributed by atoms with Crippen LogP contribution in [0.2, 0.25) is 0 Å². The number of aromatic nitrogens is 1. The summed E-state index contributed by atoms with van der Waals surface area (Å²) >= 11 is 0. The van der Waals surface area contributed by atoms with Gasteiger partial charge < -0.3 is 4.90 Å². The standard InChI is InChI=1S/C22H20N4O/c23-15-17-6-8-18(9-7-17)16-25-11-13-26(14-12-25)22(27)20-3-1-5-21-19(20)4-2-10-24-21/h1-10H,11-14,16H2. The molecule has 1 amide bonds. The van der Waals surface area contributed by atoms with E-state index in [0.717, 1.165) is 36.1 Å². The van der Waals surface area contributed by atoms with Gasteiger partial charge in [0.15, 0.2) is 0 Å². The second-order valence-electron chi connectivity index (χ2n) is 6.75. The van der Waals surface area contributed by atoms with Gasteiger partial charge in [0.2, 0.25) is 0 Å². The summed E-state index contributed by atoms with van der Waals surface area (Å²) in [5.74, 6) is 0.0756. The number of carbonyl (C=O) groups excluding carboxylic acids is 1. The molecule has 0 aliphatic carbocycles. The zero-order valence-electron chi connectivity index (χ0n) is 15.0. The fourth-order valence-electron chi connectivity index (χ4n) is 3.51. The first-order valence-corrected chi connectivity index (χ1v) is 9.09. The van der Waals surface area contributed by atoms with Crippen molar-refractivity contribution in [2.45, 2.75) is 6.54 Å². The van der Waals surface area contributed by atoms with Crippen LogP contribution in [0.4, 0.5) is 0 Å². The molecule has 0 N–H and O–H groups in total. The minimum atomic E-state index is 0.0756. The molecule has 134 valence electrons. The first kappa shape index (κ1) is 17.2. The number of rotatable bonds is 3. The first-order chi connectivity index (χ1) is 13.2. The maximum absolute atomic E-state index is 13.0. The molecule has 0 unspecified atom stereocenters. The topological polar surface area (TPSA) is 60.2 Å². The number of nitriles is 1. The van der Waals surface area contributed by atoms with Crippen LogP contribution in [0.5, 0.6) is 0 Å². The van der Waals surface area contributed by atoms with Gasteiger partial charge in [0.25, 0.3) is 5.91 Å². The summed E-state index contributed by atoms with van der Waals surface area (Å²) in [5.41, 5.74) is 3.44. The molecule has 1 saturated heterocycles. The van der Waals surface area contributed by atoms with Gasteiger partial charge in [-0.1, -0.05) is 24.3 Å². The summed E-state index contributed by atoms with van der Waals surface area (Å²) in [6.07, 6.45) is 1.75. The van der Waals surface area contributed by atoms with Crippen LogP contribution in [0, 0.1) is 11.3 Å². The fourth-order valence-corrected chi connectivity index (χ4v) is 3.51. The van der Waals surface area contributed by atoms with E-state index in [0.29, 0.717) is 18.7 Å². The predicted octanol–water partition coefficient (Wildman–Crippen LogP) is 3.06. The second-order valence-corrected chi connectivity index (χ2v) is 6.75. The average molecular weight is 356 g/mol. The molecular weight excluding hydrogens is 336 g/mol. The zero-order chi connectivity index (χ0) is 18.6. The van der Waals surface area contributed by atoms with Crippen LogP contribution in [-0.4, -0.2) is 46.9 Å². The SMILES string of the molecule is N#Cc1ccc(CN2CCN(C(=O)c3cccc4ncccc34)CC2)cc1. The molecule has 1 fully saturated rings. The Morgan fingerprint density at radius 3 is 2.52 bits per heavy atom. The Labute approximate surface area is 158 Å². The van der Waals surface area contributed by atoms with Crippen molar-refractivity contribution in [3.05, 3.63) is 77.5 Å². The van der Waals surface area contributed by atoms with Gasteiger partial charge >= 0.3 is 0 Å². The van der Waals surface area contributed by atoms with Crippen molar-refractivity contribution < 1.29 is 4.79 Å². The van der Waals surface area contributed by atoms with E-state index in [1.165, 1.54) is 5.56 Å². The van der Waals surface area contributed by atoms with E-state index in [2.05, 4.69) is 16.0 Å². The number of pyridine rings is 1. The number of piperazine rings is 1. The lowest BCUT2D eigenvalue weighted by atomic mass is 10.1. The second kappa shape index (κ2) is 7.56. The molecule has 0 spiro atoms. The lowest BCUT2D eigenvalue weighted by Crippen LogP contribution is -2.48. The monoisotopic (exact) mass is 356 g/mol. The Kier molecular flexibility index (Phi) is 4.82. The van der Waals surface area contributed by atoms with Crippen molar-refractivity contribution >= 4 is 16.8 Å². The highest BCUT2D eigenvalue weighted by Crippen LogP contribution is 2.19. The van der Waals surface area contributed by atoms with E-state index >= 15 is 0 Å². The quantitative estimate of drug-likeness (QED) is 0.724. The van der Waals surface area contributed by atoms with Gasteiger partial charge in [-0.25, -0.2) is 0 Å². The number of carbonyl (C=O) groups is 1. The number of fused-ring (bicyclic) bond motifs is 1. The van der Waals surface area contributed by atoms with Gasteiger partial charge in [0, 0.05) is 49.9 Å². The third-order valence-corrected chi connectivity index (χ3v) is 5.02. The van der Waals surface area contributed by atoms with Crippen LogP contribution >= 0.6 is 0 Å². The Hall–Kier alpha value is -3.23. The summed E-state index contributed by atoms with van der Waals surface area (Å²) in [7, 11) is 0. The summed E-state index contributed by atoms with van der Waals surface area (Å²) in [6.45, 7) is 3.95. The number of hydrogen-bond acceptors (Lipinski definition) is 4. The van der Waals surface area contributed by atoms with Crippen molar-refractivity contribution in [2.24, 2.45) is 0 Å². The van der Waals surface area contributed by atoms with Crippen molar-refractivity contribution in [3.8, 4) is 6.07 Å². The molecule has 0 bridgehead atoms. The maximum atomic E-state index is 13.0. The smallest absolute Gasteiger partial charge is 0.254 e. The molecule has 3 aromatic rings. The Bertz CT molecular complexity index is 993. The van der Waals surface area contributed by atoms with E-state index in [9.17, 15) is 4.79 Å². The van der Waals surface area contributed by atoms with Crippen molar-refractivity contribution in [3.63, 3.8) is 0 Å². The number of amides is 1. The van der Waals surface area contributed by atoms with Gasteiger partial charge in [-0.2, -0.15) is 5.26 Å². The molecule has 2 aromatic carbocycles. The molecule has 1 aliphatic heterocycles.